The Kier molecular flexibility index (Phi) is 4.34. The predicted octanol–water partition coefficient (Wildman–Crippen LogP) is 1.84. The van der Waals surface area contributed by atoms with Crippen LogP contribution in [-0.4, -0.2) is 22.2 Å². The summed E-state index contributed by atoms with van der Waals surface area (Å²) in [6.45, 7) is 3.68. The van der Waals surface area contributed by atoms with Crippen LogP contribution in [0.3, 0.4) is 0 Å². The summed E-state index contributed by atoms with van der Waals surface area (Å²) in [4.78, 5) is 11.1. The van der Waals surface area contributed by atoms with Crippen LogP contribution in [-0.2, 0) is 6.54 Å². The fourth-order valence-electron chi connectivity index (χ4n) is 1.75. The average molecular weight is 323 g/mol. The van der Waals surface area contributed by atoms with Gasteiger partial charge in [0.2, 0.25) is 0 Å². The highest BCUT2D eigenvalue weighted by Crippen LogP contribution is 2.20. The highest BCUT2D eigenvalue weighted by Gasteiger charge is 2.09. The van der Waals surface area contributed by atoms with Crippen LogP contribution < -0.4 is 11.1 Å². The Morgan fingerprint density at radius 2 is 2.26 bits per heavy atom. The first-order chi connectivity index (χ1) is 9.11. The first kappa shape index (κ1) is 13.8. The Hall–Kier alpha value is -1.66. The Labute approximate surface area is 119 Å². The summed E-state index contributed by atoms with van der Waals surface area (Å²) >= 11 is 3.44. The van der Waals surface area contributed by atoms with Gasteiger partial charge in [-0.1, -0.05) is 28.9 Å². The summed E-state index contributed by atoms with van der Waals surface area (Å²) in [5.74, 6) is -0.526. The van der Waals surface area contributed by atoms with E-state index in [-0.39, 0.29) is 5.69 Å². The fraction of sp³-hybridized carbons (Fsp3) is 0.231. The number of hydrogen-bond donors (Lipinski definition) is 2. The summed E-state index contributed by atoms with van der Waals surface area (Å²) in [7, 11) is 0. The molecule has 100 valence electrons. The van der Waals surface area contributed by atoms with E-state index in [9.17, 15) is 4.79 Å². The molecule has 1 aromatic carbocycles. The molecule has 3 N–H and O–H groups in total. The minimum Gasteiger partial charge on any atom is -0.364 e. The van der Waals surface area contributed by atoms with Crippen LogP contribution in [0.1, 0.15) is 23.0 Å². The van der Waals surface area contributed by atoms with Crippen molar-refractivity contribution in [2.24, 2.45) is 5.73 Å². The molecule has 0 aliphatic rings. The number of nitrogens with one attached hydrogen (secondary N) is 1. The van der Waals surface area contributed by atoms with Gasteiger partial charge in [-0.25, -0.2) is 4.68 Å². The predicted molar refractivity (Wildman–Crippen MR) is 77.2 cm³/mol. The van der Waals surface area contributed by atoms with Gasteiger partial charge in [-0.15, -0.1) is 0 Å². The fourth-order valence-corrected chi connectivity index (χ4v) is 2.10. The third-order valence-corrected chi connectivity index (χ3v) is 3.19. The number of benzene rings is 1. The number of carbonyl (C=O) groups excluding carboxylic acids is 1. The average Bonchev–Trinajstić information content (AvgIpc) is 2.87. The number of rotatable bonds is 5. The Morgan fingerprint density at radius 1 is 1.47 bits per heavy atom. The van der Waals surface area contributed by atoms with E-state index in [1.54, 1.807) is 16.9 Å². The molecule has 1 amide bonds. The largest absolute Gasteiger partial charge is 0.364 e. The van der Waals surface area contributed by atoms with E-state index < -0.39 is 5.91 Å². The van der Waals surface area contributed by atoms with Gasteiger partial charge in [0.05, 0.1) is 5.69 Å². The van der Waals surface area contributed by atoms with Crippen LogP contribution in [0.15, 0.2) is 34.9 Å². The highest BCUT2D eigenvalue weighted by molar-refractivity contribution is 9.10. The van der Waals surface area contributed by atoms with E-state index >= 15 is 0 Å². The topological polar surface area (TPSA) is 72.9 Å². The first-order valence-electron chi connectivity index (χ1n) is 5.97. The van der Waals surface area contributed by atoms with Gasteiger partial charge in [-0.05, 0) is 30.3 Å². The maximum Gasteiger partial charge on any atom is 0.269 e. The molecule has 0 unspecified atom stereocenters. The number of hydrogen-bond acceptors (Lipinski definition) is 3. The molecule has 0 fully saturated rings. The van der Waals surface area contributed by atoms with E-state index in [4.69, 9.17) is 5.73 Å². The molecule has 0 saturated heterocycles. The first-order valence-corrected chi connectivity index (χ1v) is 6.76. The number of primary amides is 1. The number of nitrogens with two attached hydrogens (primary N) is 1. The molecule has 2 rings (SSSR count). The minimum absolute atomic E-state index is 0.259. The van der Waals surface area contributed by atoms with Crippen molar-refractivity contribution in [1.29, 1.82) is 0 Å². The van der Waals surface area contributed by atoms with Gasteiger partial charge in [0.15, 0.2) is 0 Å². The molecule has 0 aliphatic heterocycles. The van der Waals surface area contributed by atoms with Crippen molar-refractivity contribution in [2.75, 3.05) is 6.54 Å². The summed E-state index contributed by atoms with van der Waals surface area (Å²) in [5.41, 5.74) is 7.50. The van der Waals surface area contributed by atoms with Crippen molar-refractivity contribution >= 4 is 21.8 Å². The lowest BCUT2D eigenvalue weighted by Crippen LogP contribution is -2.15. The normalized spacial score (nSPS) is 10.6. The molecular formula is C13H15BrN4O. The van der Waals surface area contributed by atoms with Gasteiger partial charge in [-0.3, -0.25) is 4.79 Å². The number of nitrogens with zero attached hydrogens (tertiary/aromatic N) is 2. The van der Waals surface area contributed by atoms with Crippen LogP contribution >= 0.6 is 15.9 Å². The minimum atomic E-state index is -0.526. The van der Waals surface area contributed by atoms with Crippen molar-refractivity contribution in [3.05, 3.63) is 46.2 Å². The van der Waals surface area contributed by atoms with E-state index in [1.165, 1.54) is 0 Å². The van der Waals surface area contributed by atoms with Gasteiger partial charge in [-0.2, -0.15) is 5.10 Å². The van der Waals surface area contributed by atoms with Gasteiger partial charge < -0.3 is 11.1 Å². The lowest BCUT2D eigenvalue weighted by molar-refractivity contribution is 0.0995. The zero-order valence-corrected chi connectivity index (χ0v) is 12.1. The molecule has 19 heavy (non-hydrogen) atoms. The molecule has 5 nitrogen and oxygen atoms in total. The Bertz CT molecular complexity index is 594. The number of amides is 1. The quantitative estimate of drug-likeness (QED) is 0.882. The smallest absolute Gasteiger partial charge is 0.269 e. The van der Waals surface area contributed by atoms with E-state index in [0.29, 0.717) is 0 Å². The van der Waals surface area contributed by atoms with Crippen LogP contribution in [0.25, 0.3) is 5.69 Å². The zero-order chi connectivity index (χ0) is 13.8. The summed E-state index contributed by atoms with van der Waals surface area (Å²) in [6, 6.07) is 7.58. The number of aromatic nitrogens is 2. The van der Waals surface area contributed by atoms with Gasteiger partial charge in [0, 0.05) is 17.2 Å². The molecular weight excluding hydrogens is 308 g/mol. The number of halogens is 1. The Balaban J connectivity index is 2.40. The van der Waals surface area contributed by atoms with Crippen LogP contribution in [0.4, 0.5) is 0 Å². The molecule has 0 saturated carbocycles. The van der Waals surface area contributed by atoms with Crippen molar-refractivity contribution in [2.45, 2.75) is 13.5 Å². The molecule has 0 bridgehead atoms. The van der Waals surface area contributed by atoms with Crippen LogP contribution in [0.2, 0.25) is 0 Å². The lowest BCUT2D eigenvalue weighted by atomic mass is 10.2. The van der Waals surface area contributed by atoms with Gasteiger partial charge in [0.1, 0.15) is 5.69 Å². The van der Waals surface area contributed by atoms with Gasteiger partial charge in [0.25, 0.3) is 5.91 Å². The Morgan fingerprint density at radius 3 is 2.89 bits per heavy atom. The molecule has 1 aromatic heterocycles. The zero-order valence-electron chi connectivity index (χ0n) is 10.6. The maximum absolute atomic E-state index is 11.1. The monoisotopic (exact) mass is 322 g/mol. The third kappa shape index (κ3) is 3.21. The third-order valence-electron chi connectivity index (χ3n) is 2.70. The van der Waals surface area contributed by atoms with Gasteiger partial charge >= 0.3 is 0 Å². The van der Waals surface area contributed by atoms with E-state index in [1.807, 2.05) is 18.2 Å². The molecule has 0 radical (unpaired) electrons. The second kappa shape index (κ2) is 5.99. The standard InChI is InChI=1S/C13H15BrN4O/c1-2-16-8-9-3-4-10(14)7-12(9)18-6-5-11(17-18)13(15)19/h3-7,16H,2,8H2,1H3,(H2,15,19). The highest BCUT2D eigenvalue weighted by atomic mass is 79.9. The molecule has 6 heteroatoms. The lowest BCUT2D eigenvalue weighted by Gasteiger charge is -2.10. The van der Waals surface area contributed by atoms with Crippen LogP contribution in [0.5, 0.6) is 0 Å². The summed E-state index contributed by atoms with van der Waals surface area (Å²) < 4.78 is 2.62. The summed E-state index contributed by atoms with van der Waals surface area (Å²) in [5, 5.41) is 7.46. The second-order valence-electron chi connectivity index (χ2n) is 4.06. The van der Waals surface area contributed by atoms with E-state index in [0.717, 1.165) is 28.8 Å². The van der Waals surface area contributed by atoms with Crippen LogP contribution in [0, 0.1) is 0 Å². The van der Waals surface area contributed by atoms with Crippen molar-refractivity contribution in [1.82, 2.24) is 15.1 Å². The molecule has 0 aliphatic carbocycles. The molecule has 0 spiro atoms. The van der Waals surface area contributed by atoms with Crippen molar-refractivity contribution in [3.63, 3.8) is 0 Å². The molecule has 1 heterocycles. The second-order valence-corrected chi connectivity index (χ2v) is 4.98. The SMILES string of the molecule is CCNCc1ccc(Br)cc1-n1ccc(C(N)=O)n1. The summed E-state index contributed by atoms with van der Waals surface area (Å²) in [6.07, 6.45) is 1.73. The number of carbonyl (C=O) groups is 1. The molecule has 2 aromatic rings. The van der Waals surface area contributed by atoms with E-state index in [2.05, 4.69) is 33.3 Å². The maximum atomic E-state index is 11.1. The molecule has 0 atom stereocenters. The van der Waals surface area contributed by atoms with Crippen molar-refractivity contribution < 1.29 is 4.79 Å². The van der Waals surface area contributed by atoms with Crippen molar-refractivity contribution in [3.8, 4) is 5.69 Å².